The zero-order chi connectivity index (χ0) is 11.4. The molecule has 4 rings (SSSR count). The first-order valence-corrected chi connectivity index (χ1v) is 6.37. The predicted octanol–water partition coefficient (Wildman–Crippen LogP) is 4.37. The number of aromatic nitrogens is 1. The molecule has 0 bridgehead atoms. The van der Waals surface area contributed by atoms with E-state index in [1.165, 1.54) is 34.6 Å². The highest BCUT2D eigenvalue weighted by atomic mass is 14.7. The first kappa shape index (κ1) is 9.29. The van der Waals surface area contributed by atoms with Crippen LogP contribution in [0.5, 0.6) is 0 Å². The fourth-order valence-electron chi connectivity index (χ4n) is 3.28. The van der Waals surface area contributed by atoms with Gasteiger partial charge in [-0.15, -0.1) is 0 Å². The molecule has 1 heterocycles. The number of aryl methyl sites for hydroxylation is 1. The second-order valence-corrected chi connectivity index (χ2v) is 5.17. The van der Waals surface area contributed by atoms with Crippen LogP contribution in [-0.2, 0) is 6.42 Å². The lowest BCUT2D eigenvalue weighted by Gasteiger charge is -2.04. The number of H-pyrrole nitrogens is 1. The van der Waals surface area contributed by atoms with Crippen LogP contribution in [0.15, 0.2) is 36.4 Å². The number of nitrogens with one attached hydrogen (secondary N) is 1. The van der Waals surface area contributed by atoms with Gasteiger partial charge in [0, 0.05) is 21.8 Å². The van der Waals surface area contributed by atoms with Crippen molar-refractivity contribution in [3.8, 4) is 0 Å². The summed E-state index contributed by atoms with van der Waals surface area (Å²) in [5.74, 6) is 0.725. The lowest BCUT2D eigenvalue weighted by atomic mass is 10.00. The number of benzene rings is 2. The molecule has 0 fully saturated rings. The van der Waals surface area contributed by atoms with E-state index in [2.05, 4.69) is 48.3 Å². The lowest BCUT2D eigenvalue weighted by molar-refractivity contribution is 0.747. The molecule has 0 spiro atoms. The molecule has 1 aromatic heterocycles. The van der Waals surface area contributed by atoms with Crippen molar-refractivity contribution >= 4 is 21.8 Å². The van der Waals surface area contributed by atoms with Crippen LogP contribution in [0.2, 0.25) is 0 Å². The Morgan fingerprint density at radius 3 is 2.88 bits per heavy atom. The fourth-order valence-corrected chi connectivity index (χ4v) is 3.28. The molecule has 3 aromatic rings. The Morgan fingerprint density at radius 1 is 1.06 bits per heavy atom. The van der Waals surface area contributed by atoms with E-state index in [4.69, 9.17) is 0 Å². The van der Waals surface area contributed by atoms with Gasteiger partial charge in [0.1, 0.15) is 0 Å². The van der Waals surface area contributed by atoms with Gasteiger partial charge < -0.3 is 4.98 Å². The van der Waals surface area contributed by atoms with E-state index in [0.29, 0.717) is 0 Å². The van der Waals surface area contributed by atoms with Gasteiger partial charge in [-0.25, -0.2) is 0 Å². The summed E-state index contributed by atoms with van der Waals surface area (Å²) in [6.07, 6.45) is 2.53. The quantitative estimate of drug-likeness (QED) is 0.580. The Bertz CT molecular complexity index is 721. The second-order valence-electron chi connectivity index (χ2n) is 5.17. The Balaban J connectivity index is 2.22. The number of para-hydroxylation sites is 1. The van der Waals surface area contributed by atoms with Crippen LogP contribution in [0.4, 0.5) is 0 Å². The SMILES string of the molecule is CC1CCc2c1ccc1[nH]c3ccccc3c21. The van der Waals surface area contributed by atoms with Gasteiger partial charge in [-0.1, -0.05) is 31.2 Å². The molecule has 1 heteroatoms. The average molecular weight is 221 g/mol. The smallest absolute Gasteiger partial charge is 0.0467 e. The van der Waals surface area contributed by atoms with Crippen LogP contribution < -0.4 is 0 Å². The van der Waals surface area contributed by atoms with Crippen molar-refractivity contribution in [3.05, 3.63) is 47.5 Å². The molecule has 0 radical (unpaired) electrons. The van der Waals surface area contributed by atoms with Gasteiger partial charge in [-0.05, 0) is 42.0 Å². The van der Waals surface area contributed by atoms with Gasteiger partial charge in [0.15, 0.2) is 0 Å². The maximum Gasteiger partial charge on any atom is 0.0467 e. The maximum absolute atomic E-state index is 3.52. The Kier molecular flexibility index (Phi) is 1.71. The minimum Gasteiger partial charge on any atom is -0.355 e. The predicted molar refractivity (Wildman–Crippen MR) is 72.5 cm³/mol. The highest BCUT2D eigenvalue weighted by Crippen LogP contribution is 2.39. The third-order valence-corrected chi connectivity index (χ3v) is 4.17. The number of fused-ring (bicyclic) bond motifs is 5. The van der Waals surface area contributed by atoms with Crippen molar-refractivity contribution in [1.82, 2.24) is 4.98 Å². The average Bonchev–Trinajstić information content (AvgIpc) is 2.90. The van der Waals surface area contributed by atoms with Crippen molar-refractivity contribution in [2.24, 2.45) is 0 Å². The summed E-state index contributed by atoms with van der Waals surface area (Å²) < 4.78 is 0. The zero-order valence-corrected chi connectivity index (χ0v) is 9.96. The lowest BCUT2D eigenvalue weighted by Crippen LogP contribution is -1.86. The van der Waals surface area contributed by atoms with Crippen molar-refractivity contribution in [1.29, 1.82) is 0 Å². The van der Waals surface area contributed by atoms with Crippen LogP contribution in [0.3, 0.4) is 0 Å². The van der Waals surface area contributed by atoms with E-state index in [9.17, 15) is 0 Å². The van der Waals surface area contributed by atoms with Crippen LogP contribution in [0.25, 0.3) is 21.8 Å². The Hall–Kier alpha value is -1.76. The van der Waals surface area contributed by atoms with E-state index in [-0.39, 0.29) is 0 Å². The molecule has 84 valence electrons. The minimum atomic E-state index is 0.725. The molecule has 1 aliphatic rings. The Labute approximate surface area is 100 Å². The molecule has 1 unspecified atom stereocenters. The number of hydrogen-bond acceptors (Lipinski definition) is 0. The summed E-state index contributed by atoms with van der Waals surface area (Å²) in [6, 6.07) is 13.2. The third kappa shape index (κ3) is 1.14. The number of aromatic amines is 1. The van der Waals surface area contributed by atoms with Crippen LogP contribution in [0, 0.1) is 0 Å². The molecular weight excluding hydrogens is 206 g/mol. The summed E-state index contributed by atoms with van der Waals surface area (Å²) in [5.41, 5.74) is 5.68. The largest absolute Gasteiger partial charge is 0.355 e. The van der Waals surface area contributed by atoms with Crippen LogP contribution in [-0.4, -0.2) is 4.98 Å². The van der Waals surface area contributed by atoms with Gasteiger partial charge in [-0.3, -0.25) is 0 Å². The Morgan fingerprint density at radius 2 is 1.94 bits per heavy atom. The van der Waals surface area contributed by atoms with Crippen LogP contribution in [0.1, 0.15) is 30.4 Å². The molecule has 1 nitrogen and oxygen atoms in total. The maximum atomic E-state index is 3.52. The molecule has 2 aromatic carbocycles. The molecule has 0 aliphatic heterocycles. The topological polar surface area (TPSA) is 15.8 Å². The molecule has 0 saturated carbocycles. The monoisotopic (exact) mass is 221 g/mol. The normalized spacial score (nSPS) is 19.0. The van der Waals surface area contributed by atoms with Crippen LogP contribution >= 0.6 is 0 Å². The second kappa shape index (κ2) is 3.13. The minimum absolute atomic E-state index is 0.725. The zero-order valence-electron chi connectivity index (χ0n) is 9.96. The fraction of sp³-hybridized carbons (Fsp3) is 0.250. The third-order valence-electron chi connectivity index (χ3n) is 4.17. The molecule has 1 aliphatic carbocycles. The van der Waals surface area contributed by atoms with Crippen molar-refractivity contribution in [2.45, 2.75) is 25.7 Å². The molecular formula is C16H15N. The summed E-state index contributed by atoms with van der Waals surface area (Å²) in [7, 11) is 0. The standard InChI is InChI=1S/C16H15N/c1-10-6-7-12-11(10)8-9-15-16(12)13-4-2-3-5-14(13)17-15/h2-5,8-10,17H,6-7H2,1H3. The van der Waals surface area contributed by atoms with E-state index < -0.39 is 0 Å². The summed E-state index contributed by atoms with van der Waals surface area (Å²) in [6.45, 7) is 2.34. The molecule has 0 saturated heterocycles. The summed E-state index contributed by atoms with van der Waals surface area (Å²) in [5, 5.41) is 2.84. The molecule has 1 N–H and O–H groups in total. The van der Waals surface area contributed by atoms with Crippen molar-refractivity contribution in [3.63, 3.8) is 0 Å². The van der Waals surface area contributed by atoms with E-state index in [1.807, 2.05) is 0 Å². The highest BCUT2D eigenvalue weighted by molar-refractivity contribution is 6.09. The molecule has 1 atom stereocenters. The number of rotatable bonds is 0. The van der Waals surface area contributed by atoms with Gasteiger partial charge >= 0.3 is 0 Å². The van der Waals surface area contributed by atoms with E-state index in [0.717, 1.165) is 5.92 Å². The van der Waals surface area contributed by atoms with Gasteiger partial charge in [0.25, 0.3) is 0 Å². The van der Waals surface area contributed by atoms with Gasteiger partial charge in [-0.2, -0.15) is 0 Å². The molecule has 17 heavy (non-hydrogen) atoms. The van der Waals surface area contributed by atoms with Gasteiger partial charge in [0.05, 0.1) is 0 Å². The summed E-state index contributed by atoms with van der Waals surface area (Å²) in [4.78, 5) is 3.52. The van der Waals surface area contributed by atoms with E-state index >= 15 is 0 Å². The first-order valence-electron chi connectivity index (χ1n) is 6.37. The first-order chi connectivity index (χ1) is 8.34. The highest BCUT2D eigenvalue weighted by Gasteiger charge is 2.22. The van der Waals surface area contributed by atoms with E-state index in [1.54, 1.807) is 11.1 Å². The molecule has 0 amide bonds. The number of hydrogen-bond donors (Lipinski definition) is 1. The summed E-state index contributed by atoms with van der Waals surface area (Å²) >= 11 is 0. The van der Waals surface area contributed by atoms with Crippen molar-refractivity contribution in [2.75, 3.05) is 0 Å². The van der Waals surface area contributed by atoms with Crippen molar-refractivity contribution < 1.29 is 0 Å². The van der Waals surface area contributed by atoms with Gasteiger partial charge in [0.2, 0.25) is 0 Å².